The van der Waals surface area contributed by atoms with Gasteiger partial charge in [-0.15, -0.1) is 0 Å². The van der Waals surface area contributed by atoms with E-state index in [9.17, 15) is 9.18 Å². The summed E-state index contributed by atoms with van der Waals surface area (Å²) in [4.78, 5) is 16.8. The van der Waals surface area contributed by atoms with Crippen LogP contribution in [-0.2, 0) is 5.41 Å². The highest BCUT2D eigenvalue weighted by Gasteiger charge is 2.37. The molecule has 1 saturated heterocycles. The Morgan fingerprint density at radius 2 is 2.04 bits per heavy atom. The molecule has 0 unspecified atom stereocenters. The van der Waals surface area contributed by atoms with E-state index in [-0.39, 0.29) is 16.7 Å². The predicted octanol–water partition coefficient (Wildman–Crippen LogP) is 3.58. The molecule has 2 N–H and O–H groups in total. The van der Waals surface area contributed by atoms with Crippen molar-refractivity contribution >= 4 is 29.1 Å². The molecule has 0 atom stereocenters. The minimum Gasteiger partial charge on any atom is -0.351 e. The summed E-state index contributed by atoms with van der Waals surface area (Å²) < 4.78 is 14.3. The molecule has 25 heavy (non-hydrogen) atoms. The summed E-state index contributed by atoms with van der Waals surface area (Å²) >= 11 is 12.0. The van der Waals surface area contributed by atoms with E-state index in [1.54, 1.807) is 24.4 Å². The number of hydrogen-bond acceptors (Lipinski definition) is 3. The first-order chi connectivity index (χ1) is 12.0. The molecule has 2 heterocycles. The van der Waals surface area contributed by atoms with Crippen LogP contribution in [0.25, 0.3) is 0 Å². The quantitative estimate of drug-likeness (QED) is 0.850. The number of rotatable bonds is 4. The van der Waals surface area contributed by atoms with Crippen LogP contribution >= 0.6 is 23.2 Å². The van der Waals surface area contributed by atoms with Crippen LogP contribution in [0.4, 0.5) is 4.39 Å². The molecule has 0 spiro atoms. The Labute approximate surface area is 155 Å². The fourth-order valence-corrected chi connectivity index (χ4v) is 3.69. The number of hydrogen-bond donors (Lipinski definition) is 2. The highest BCUT2D eigenvalue weighted by Crippen LogP contribution is 2.33. The van der Waals surface area contributed by atoms with Gasteiger partial charge in [-0.3, -0.25) is 9.78 Å². The van der Waals surface area contributed by atoms with Crippen LogP contribution < -0.4 is 10.6 Å². The zero-order valence-corrected chi connectivity index (χ0v) is 15.0. The number of carbonyl (C=O) groups is 1. The Kier molecular flexibility index (Phi) is 5.57. The molecule has 1 fully saturated rings. The fraction of sp³-hybridized carbons (Fsp3) is 0.333. The van der Waals surface area contributed by atoms with Crippen molar-refractivity contribution in [3.05, 3.63) is 63.6 Å². The average molecular weight is 382 g/mol. The van der Waals surface area contributed by atoms with Crippen molar-refractivity contribution in [3.8, 4) is 0 Å². The smallest absolute Gasteiger partial charge is 0.252 e. The van der Waals surface area contributed by atoms with Crippen LogP contribution in [0.2, 0.25) is 10.0 Å². The van der Waals surface area contributed by atoms with Crippen molar-refractivity contribution in [1.29, 1.82) is 0 Å². The number of aromatic nitrogens is 1. The number of nitrogens with zero attached hydrogens (tertiary/aromatic N) is 1. The fourth-order valence-electron chi connectivity index (χ4n) is 3.20. The molecule has 0 bridgehead atoms. The number of nitrogens with one attached hydrogen (secondary N) is 2. The first kappa shape index (κ1) is 18.1. The van der Waals surface area contributed by atoms with E-state index in [0.717, 1.165) is 13.1 Å². The van der Waals surface area contributed by atoms with Gasteiger partial charge in [0.2, 0.25) is 0 Å². The lowest BCUT2D eigenvalue weighted by atomic mass is 9.75. The normalized spacial score (nSPS) is 16.4. The van der Waals surface area contributed by atoms with Crippen molar-refractivity contribution in [2.24, 2.45) is 0 Å². The maximum Gasteiger partial charge on any atom is 0.252 e. The third kappa shape index (κ3) is 3.94. The van der Waals surface area contributed by atoms with Crippen molar-refractivity contribution in [1.82, 2.24) is 15.6 Å². The van der Waals surface area contributed by atoms with Crippen LogP contribution in [0.5, 0.6) is 0 Å². The molecule has 132 valence electrons. The maximum absolute atomic E-state index is 14.3. The Bertz CT molecular complexity index is 779. The largest absolute Gasteiger partial charge is 0.351 e. The van der Waals surface area contributed by atoms with Gasteiger partial charge in [0.15, 0.2) is 0 Å². The molecule has 4 nitrogen and oxygen atoms in total. The lowest BCUT2D eigenvalue weighted by Gasteiger charge is -2.37. The topological polar surface area (TPSA) is 54.0 Å². The summed E-state index contributed by atoms with van der Waals surface area (Å²) in [7, 11) is 0. The molecule has 1 aliphatic rings. The molecule has 1 aromatic carbocycles. The van der Waals surface area contributed by atoms with Gasteiger partial charge in [0.05, 0.1) is 16.3 Å². The van der Waals surface area contributed by atoms with E-state index in [2.05, 4.69) is 15.6 Å². The molecule has 1 amide bonds. The Morgan fingerprint density at radius 3 is 2.72 bits per heavy atom. The second kappa shape index (κ2) is 7.68. The molecule has 2 aromatic rings. The van der Waals surface area contributed by atoms with E-state index in [4.69, 9.17) is 23.2 Å². The molecule has 0 aliphatic carbocycles. The first-order valence-electron chi connectivity index (χ1n) is 8.07. The number of halogens is 3. The SMILES string of the molecule is O=C(NCC1(c2ncccc2F)CCNCC1)c1ccc(Cl)cc1Cl. The van der Waals surface area contributed by atoms with Gasteiger partial charge in [-0.25, -0.2) is 4.39 Å². The number of amides is 1. The van der Waals surface area contributed by atoms with Crippen LogP contribution in [0.15, 0.2) is 36.5 Å². The summed E-state index contributed by atoms with van der Waals surface area (Å²) in [6, 6.07) is 7.69. The molecule has 3 rings (SSSR count). The standard InChI is InChI=1S/C18H18Cl2FN3O/c19-12-3-4-13(14(20)10-12)17(25)24-11-18(5-8-22-9-6-18)16-15(21)2-1-7-23-16/h1-4,7,10,22H,5-6,8-9,11H2,(H,24,25). The summed E-state index contributed by atoms with van der Waals surface area (Å²) in [5.74, 6) is -0.654. The zero-order chi connectivity index (χ0) is 17.9. The van der Waals surface area contributed by atoms with Gasteiger partial charge in [-0.05, 0) is 56.3 Å². The van der Waals surface area contributed by atoms with Crippen molar-refractivity contribution < 1.29 is 9.18 Å². The molecule has 0 saturated carbocycles. The number of piperidine rings is 1. The number of benzene rings is 1. The molecular weight excluding hydrogens is 364 g/mol. The minimum absolute atomic E-state index is 0.286. The van der Waals surface area contributed by atoms with E-state index in [0.29, 0.717) is 35.7 Å². The second-order valence-electron chi connectivity index (χ2n) is 6.17. The van der Waals surface area contributed by atoms with Crippen LogP contribution in [0, 0.1) is 5.82 Å². The lowest BCUT2D eigenvalue weighted by molar-refractivity contribution is 0.0936. The summed E-state index contributed by atoms with van der Waals surface area (Å²) in [5, 5.41) is 6.91. The summed E-state index contributed by atoms with van der Waals surface area (Å²) in [6.07, 6.45) is 2.96. The highest BCUT2D eigenvalue weighted by molar-refractivity contribution is 6.36. The second-order valence-corrected chi connectivity index (χ2v) is 7.01. The lowest BCUT2D eigenvalue weighted by Crippen LogP contribution is -2.48. The highest BCUT2D eigenvalue weighted by atomic mass is 35.5. The minimum atomic E-state index is -0.537. The maximum atomic E-state index is 14.3. The van der Waals surface area contributed by atoms with Gasteiger partial charge in [0.25, 0.3) is 5.91 Å². The van der Waals surface area contributed by atoms with Crippen LogP contribution in [-0.4, -0.2) is 30.5 Å². The summed E-state index contributed by atoms with van der Waals surface area (Å²) in [5.41, 5.74) is 0.209. The Morgan fingerprint density at radius 1 is 1.28 bits per heavy atom. The van der Waals surface area contributed by atoms with E-state index >= 15 is 0 Å². The van der Waals surface area contributed by atoms with E-state index in [1.165, 1.54) is 12.1 Å². The van der Waals surface area contributed by atoms with Crippen LogP contribution in [0.1, 0.15) is 28.9 Å². The number of carbonyl (C=O) groups excluding carboxylic acids is 1. The Balaban J connectivity index is 1.82. The van der Waals surface area contributed by atoms with Gasteiger partial charge >= 0.3 is 0 Å². The van der Waals surface area contributed by atoms with Gasteiger partial charge in [-0.1, -0.05) is 23.2 Å². The Hall–Kier alpha value is -1.69. The van der Waals surface area contributed by atoms with Gasteiger partial charge < -0.3 is 10.6 Å². The molecule has 7 heteroatoms. The molecule has 0 radical (unpaired) electrons. The van der Waals surface area contributed by atoms with Crippen molar-refractivity contribution in [2.45, 2.75) is 18.3 Å². The van der Waals surface area contributed by atoms with Crippen LogP contribution in [0.3, 0.4) is 0 Å². The van der Waals surface area contributed by atoms with Gasteiger partial charge in [0, 0.05) is 23.2 Å². The van der Waals surface area contributed by atoms with Gasteiger partial charge in [0.1, 0.15) is 5.82 Å². The third-order valence-electron chi connectivity index (χ3n) is 4.58. The van der Waals surface area contributed by atoms with Gasteiger partial charge in [-0.2, -0.15) is 0 Å². The monoisotopic (exact) mass is 381 g/mol. The molecule has 1 aromatic heterocycles. The average Bonchev–Trinajstić information content (AvgIpc) is 2.61. The molecular formula is C18H18Cl2FN3O. The zero-order valence-electron chi connectivity index (χ0n) is 13.5. The van der Waals surface area contributed by atoms with E-state index < -0.39 is 5.41 Å². The number of pyridine rings is 1. The third-order valence-corrected chi connectivity index (χ3v) is 5.13. The first-order valence-corrected chi connectivity index (χ1v) is 8.82. The van der Waals surface area contributed by atoms with E-state index in [1.807, 2.05) is 0 Å². The molecule has 1 aliphatic heterocycles. The predicted molar refractivity (Wildman–Crippen MR) is 96.8 cm³/mol. The van der Waals surface area contributed by atoms with Crippen molar-refractivity contribution in [2.75, 3.05) is 19.6 Å². The summed E-state index contributed by atoms with van der Waals surface area (Å²) in [6.45, 7) is 1.78. The van der Waals surface area contributed by atoms with Crippen molar-refractivity contribution in [3.63, 3.8) is 0 Å².